The highest BCUT2D eigenvalue weighted by molar-refractivity contribution is 5.94. The molecule has 0 bridgehead atoms. The lowest BCUT2D eigenvalue weighted by Gasteiger charge is -2.24. The molecular formula is C13H13F4NO. The van der Waals surface area contributed by atoms with Crippen molar-refractivity contribution in [3.63, 3.8) is 0 Å². The Morgan fingerprint density at radius 1 is 1.37 bits per heavy atom. The van der Waals surface area contributed by atoms with Crippen LogP contribution in [0.4, 0.5) is 17.6 Å². The van der Waals surface area contributed by atoms with Crippen LogP contribution in [0, 0.1) is 12.7 Å². The van der Waals surface area contributed by atoms with E-state index >= 15 is 0 Å². The van der Waals surface area contributed by atoms with E-state index in [1.54, 1.807) is 0 Å². The molecule has 0 N–H and O–H groups in total. The molecule has 0 radical (unpaired) electrons. The molecule has 19 heavy (non-hydrogen) atoms. The average molecular weight is 275 g/mol. The number of rotatable bonds is 3. The first-order valence-corrected chi connectivity index (χ1v) is 5.92. The van der Waals surface area contributed by atoms with Crippen molar-refractivity contribution in [1.29, 1.82) is 0 Å². The van der Waals surface area contributed by atoms with Gasteiger partial charge in [0.05, 0.1) is 0 Å². The van der Waals surface area contributed by atoms with E-state index in [0.717, 1.165) is 11.0 Å². The van der Waals surface area contributed by atoms with E-state index in [2.05, 4.69) is 0 Å². The molecule has 1 aromatic rings. The first-order chi connectivity index (χ1) is 8.78. The van der Waals surface area contributed by atoms with Crippen LogP contribution in [0.15, 0.2) is 18.2 Å². The van der Waals surface area contributed by atoms with Gasteiger partial charge in [0, 0.05) is 11.6 Å². The largest absolute Gasteiger partial charge is 0.406 e. The molecule has 1 aliphatic carbocycles. The quantitative estimate of drug-likeness (QED) is 0.775. The fraction of sp³-hybridized carbons (Fsp3) is 0.462. The zero-order valence-electron chi connectivity index (χ0n) is 10.3. The average Bonchev–Trinajstić information content (AvgIpc) is 3.11. The van der Waals surface area contributed by atoms with Crippen LogP contribution in [0.1, 0.15) is 28.8 Å². The van der Waals surface area contributed by atoms with Gasteiger partial charge in [-0.25, -0.2) is 4.39 Å². The van der Waals surface area contributed by atoms with Crippen molar-refractivity contribution < 1.29 is 22.4 Å². The normalized spacial score (nSPS) is 15.4. The molecule has 1 saturated carbocycles. The predicted molar refractivity (Wildman–Crippen MR) is 61.3 cm³/mol. The van der Waals surface area contributed by atoms with Crippen molar-refractivity contribution in [3.05, 3.63) is 35.1 Å². The van der Waals surface area contributed by atoms with E-state index in [4.69, 9.17) is 0 Å². The number of benzene rings is 1. The van der Waals surface area contributed by atoms with E-state index < -0.39 is 24.4 Å². The summed E-state index contributed by atoms with van der Waals surface area (Å²) in [7, 11) is 0. The molecule has 2 rings (SSSR count). The number of amides is 1. The lowest BCUT2D eigenvalue weighted by Crippen LogP contribution is -2.40. The van der Waals surface area contributed by atoms with Gasteiger partial charge in [-0.3, -0.25) is 4.79 Å². The van der Waals surface area contributed by atoms with E-state index in [9.17, 15) is 22.4 Å². The van der Waals surface area contributed by atoms with Gasteiger partial charge in [0.1, 0.15) is 12.4 Å². The van der Waals surface area contributed by atoms with Crippen molar-refractivity contribution >= 4 is 5.91 Å². The second-order valence-electron chi connectivity index (χ2n) is 4.74. The summed E-state index contributed by atoms with van der Waals surface area (Å²) in [6.07, 6.45) is -3.25. The summed E-state index contributed by atoms with van der Waals surface area (Å²) in [4.78, 5) is 12.9. The zero-order valence-corrected chi connectivity index (χ0v) is 10.3. The lowest BCUT2D eigenvalue weighted by molar-refractivity contribution is -0.141. The minimum absolute atomic E-state index is 0.0926. The predicted octanol–water partition coefficient (Wildman–Crippen LogP) is 3.30. The third-order valence-corrected chi connectivity index (χ3v) is 3.00. The number of hydrogen-bond acceptors (Lipinski definition) is 1. The molecule has 1 aliphatic rings. The summed E-state index contributed by atoms with van der Waals surface area (Å²) in [5.41, 5.74) is 0.337. The molecule has 0 aliphatic heterocycles. The highest BCUT2D eigenvalue weighted by Gasteiger charge is 2.40. The van der Waals surface area contributed by atoms with Gasteiger partial charge in [-0.2, -0.15) is 13.2 Å². The first kappa shape index (κ1) is 13.8. The van der Waals surface area contributed by atoms with Crippen molar-refractivity contribution in [2.45, 2.75) is 32.0 Å². The van der Waals surface area contributed by atoms with E-state index in [0.29, 0.717) is 12.8 Å². The molecule has 2 nitrogen and oxygen atoms in total. The summed E-state index contributed by atoms with van der Waals surface area (Å²) in [5, 5.41) is 0. The molecule has 1 amide bonds. The van der Waals surface area contributed by atoms with Gasteiger partial charge in [0.2, 0.25) is 0 Å². The summed E-state index contributed by atoms with van der Waals surface area (Å²) in [6.45, 7) is 0.213. The van der Waals surface area contributed by atoms with Crippen LogP contribution in [0.5, 0.6) is 0 Å². The van der Waals surface area contributed by atoms with Crippen molar-refractivity contribution in [1.82, 2.24) is 4.90 Å². The van der Waals surface area contributed by atoms with Crippen molar-refractivity contribution in [3.8, 4) is 0 Å². The fourth-order valence-corrected chi connectivity index (χ4v) is 1.89. The summed E-state index contributed by atoms with van der Waals surface area (Å²) >= 11 is 0. The van der Waals surface area contributed by atoms with Gasteiger partial charge in [-0.05, 0) is 43.5 Å². The van der Waals surface area contributed by atoms with E-state index in [1.807, 2.05) is 0 Å². The molecule has 0 saturated heterocycles. The molecule has 104 valence electrons. The number of carbonyl (C=O) groups is 1. The Morgan fingerprint density at radius 2 is 2.00 bits per heavy atom. The molecule has 0 aromatic heterocycles. The third-order valence-electron chi connectivity index (χ3n) is 3.00. The van der Waals surface area contributed by atoms with Crippen LogP contribution < -0.4 is 0 Å². The van der Waals surface area contributed by atoms with Gasteiger partial charge < -0.3 is 4.90 Å². The first-order valence-electron chi connectivity index (χ1n) is 5.92. The lowest BCUT2D eigenvalue weighted by atomic mass is 10.1. The topological polar surface area (TPSA) is 20.3 Å². The Labute approximate surface area is 108 Å². The maximum Gasteiger partial charge on any atom is 0.406 e. The minimum atomic E-state index is -4.42. The van der Waals surface area contributed by atoms with Crippen molar-refractivity contribution in [2.24, 2.45) is 0 Å². The number of halogens is 4. The monoisotopic (exact) mass is 275 g/mol. The Kier molecular flexibility index (Phi) is 3.52. The Bertz CT molecular complexity index is 494. The molecule has 0 atom stereocenters. The number of nitrogens with zero attached hydrogens (tertiary/aromatic N) is 1. The molecule has 0 spiro atoms. The second-order valence-corrected chi connectivity index (χ2v) is 4.74. The smallest absolute Gasteiger partial charge is 0.327 e. The van der Waals surface area contributed by atoms with E-state index in [-0.39, 0.29) is 17.2 Å². The molecule has 1 aromatic carbocycles. The van der Waals surface area contributed by atoms with Gasteiger partial charge in [0.25, 0.3) is 5.91 Å². The summed E-state index contributed by atoms with van der Waals surface area (Å²) in [5.74, 6) is -1.17. The number of hydrogen-bond donors (Lipinski definition) is 0. The Morgan fingerprint density at radius 3 is 2.47 bits per heavy atom. The second kappa shape index (κ2) is 4.83. The molecular weight excluding hydrogens is 262 g/mol. The zero-order chi connectivity index (χ0) is 14.2. The van der Waals surface area contributed by atoms with Crippen molar-refractivity contribution in [2.75, 3.05) is 6.54 Å². The highest BCUT2D eigenvalue weighted by atomic mass is 19.4. The van der Waals surface area contributed by atoms with E-state index in [1.165, 1.54) is 19.1 Å². The van der Waals surface area contributed by atoms with Crippen LogP contribution in [0.25, 0.3) is 0 Å². The van der Waals surface area contributed by atoms with Crippen LogP contribution in [0.2, 0.25) is 0 Å². The third kappa shape index (κ3) is 3.45. The summed E-state index contributed by atoms with van der Waals surface area (Å²) < 4.78 is 50.5. The minimum Gasteiger partial charge on any atom is -0.327 e. The Balaban J connectivity index is 2.21. The molecule has 1 fully saturated rings. The molecule has 0 heterocycles. The number of alkyl halides is 3. The number of aryl methyl sites for hydroxylation is 1. The summed E-state index contributed by atoms with van der Waals surface area (Å²) in [6, 6.07) is 3.25. The van der Waals surface area contributed by atoms with Gasteiger partial charge in [-0.15, -0.1) is 0 Å². The Hall–Kier alpha value is -1.59. The van der Waals surface area contributed by atoms with Crippen LogP contribution in [-0.2, 0) is 0 Å². The maximum absolute atomic E-state index is 13.1. The van der Waals surface area contributed by atoms with Crippen LogP contribution >= 0.6 is 0 Å². The molecule has 6 heteroatoms. The fourth-order valence-electron chi connectivity index (χ4n) is 1.89. The van der Waals surface area contributed by atoms with Crippen LogP contribution in [0.3, 0.4) is 0 Å². The highest BCUT2D eigenvalue weighted by Crippen LogP contribution is 2.31. The van der Waals surface area contributed by atoms with Crippen LogP contribution in [-0.4, -0.2) is 29.6 Å². The van der Waals surface area contributed by atoms with Gasteiger partial charge in [0.15, 0.2) is 0 Å². The van der Waals surface area contributed by atoms with Gasteiger partial charge >= 0.3 is 6.18 Å². The maximum atomic E-state index is 13.1. The standard InChI is InChI=1S/C13H13F4NO/c1-8-6-9(2-5-11(8)14)12(19)18(10-3-4-10)7-13(15,16)17/h2,5-6,10H,3-4,7H2,1H3. The number of carbonyl (C=O) groups excluding carboxylic acids is 1. The molecule has 0 unspecified atom stereocenters. The van der Waals surface area contributed by atoms with Gasteiger partial charge in [-0.1, -0.05) is 0 Å². The SMILES string of the molecule is Cc1cc(C(=O)N(CC(F)(F)F)C2CC2)ccc1F.